The van der Waals surface area contributed by atoms with Crippen molar-refractivity contribution in [2.45, 2.75) is 31.5 Å². The van der Waals surface area contributed by atoms with Crippen LogP contribution < -0.4 is 4.74 Å². The summed E-state index contributed by atoms with van der Waals surface area (Å²) in [4.78, 5) is 0. The minimum absolute atomic E-state index is 0.109. The summed E-state index contributed by atoms with van der Waals surface area (Å²) in [5, 5.41) is 0. The highest BCUT2D eigenvalue weighted by atomic mass is 28.3. The molecule has 0 amide bonds. The van der Waals surface area contributed by atoms with Crippen molar-refractivity contribution in [2.75, 3.05) is 0 Å². The lowest BCUT2D eigenvalue weighted by atomic mass is 9.82. The fourth-order valence-corrected chi connectivity index (χ4v) is 6.61. The van der Waals surface area contributed by atoms with Gasteiger partial charge in [0.25, 0.3) is 0 Å². The summed E-state index contributed by atoms with van der Waals surface area (Å²) in [6.07, 6.45) is 0. The first-order chi connectivity index (χ1) is 16.1. The average Bonchev–Trinajstić information content (AvgIpc) is 3.14. The monoisotopic (exact) mass is 445 g/mol. The van der Waals surface area contributed by atoms with Crippen LogP contribution in [0.25, 0.3) is 5.57 Å². The van der Waals surface area contributed by atoms with Gasteiger partial charge < -0.3 is 4.74 Å². The van der Waals surface area contributed by atoms with Gasteiger partial charge in [-0.2, -0.15) is 0 Å². The average molecular weight is 446 g/mol. The van der Waals surface area contributed by atoms with Gasteiger partial charge in [0.05, 0.1) is 8.80 Å². The number of fused-ring (bicyclic) bond motifs is 1. The van der Waals surface area contributed by atoms with Crippen molar-refractivity contribution < 1.29 is 4.74 Å². The van der Waals surface area contributed by atoms with Crippen LogP contribution in [0, 0.1) is 6.92 Å². The predicted molar refractivity (Wildman–Crippen MR) is 140 cm³/mol. The van der Waals surface area contributed by atoms with Gasteiger partial charge in [0.2, 0.25) is 0 Å². The number of hydrogen-bond acceptors (Lipinski definition) is 1. The first-order valence-corrected chi connectivity index (χ1v) is 14.2. The summed E-state index contributed by atoms with van der Waals surface area (Å²) in [5.74, 6) is 2.14. The number of para-hydroxylation sites is 1. The number of ether oxygens (including phenoxy) is 1. The fourth-order valence-electron chi connectivity index (χ4n) is 5.00. The van der Waals surface area contributed by atoms with E-state index in [4.69, 9.17) is 4.74 Å². The molecule has 5 rings (SSSR count). The molecule has 0 aromatic heterocycles. The molecule has 163 valence electrons. The van der Waals surface area contributed by atoms with E-state index in [1.807, 2.05) is 18.2 Å². The van der Waals surface area contributed by atoms with E-state index in [-0.39, 0.29) is 5.92 Å². The maximum Gasteiger partial charge on any atom is 0.126 e. The Morgan fingerprint density at radius 1 is 0.697 bits per heavy atom. The molecule has 4 aromatic carbocycles. The van der Waals surface area contributed by atoms with Gasteiger partial charge in [-0.25, -0.2) is 0 Å². The number of benzene rings is 4. The summed E-state index contributed by atoms with van der Waals surface area (Å²) in [7, 11) is -0.715. The number of allylic oxidation sites excluding steroid dienone is 2. The molecule has 0 bridgehead atoms. The second-order valence-electron chi connectivity index (χ2n) is 9.05. The van der Waals surface area contributed by atoms with Crippen molar-refractivity contribution in [3.8, 4) is 5.75 Å². The first-order valence-electron chi connectivity index (χ1n) is 11.6. The minimum atomic E-state index is -0.715. The molecule has 1 aliphatic rings. The topological polar surface area (TPSA) is 9.23 Å². The Hall–Kier alpha value is -3.36. The molecule has 1 radical (unpaired) electrons. The van der Waals surface area contributed by atoms with Crippen LogP contribution in [-0.4, -0.2) is 8.80 Å². The smallest absolute Gasteiger partial charge is 0.126 e. The standard InChI is InChI=1S/C31H29OSi/c1-22-19-20-26-27(21-22)29(30(31(26)33(2)3)32-25-17-11-6-12-18-25)28(23-13-7-4-8-14-23)24-15-9-5-10-16-24/h4-21,28,31H,1-3H3. The fraction of sp³-hybridized carbons (Fsp3) is 0.161. The van der Waals surface area contributed by atoms with Crippen molar-refractivity contribution in [2.24, 2.45) is 0 Å². The van der Waals surface area contributed by atoms with Crippen molar-refractivity contribution in [1.29, 1.82) is 0 Å². The highest BCUT2D eigenvalue weighted by Crippen LogP contribution is 2.51. The summed E-state index contributed by atoms with van der Waals surface area (Å²) < 4.78 is 6.81. The Morgan fingerprint density at radius 3 is 1.79 bits per heavy atom. The number of rotatable bonds is 6. The molecule has 33 heavy (non-hydrogen) atoms. The molecule has 0 saturated carbocycles. The molecule has 0 N–H and O–H groups in total. The van der Waals surface area contributed by atoms with Gasteiger partial charge in [0, 0.05) is 17.0 Å². The van der Waals surface area contributed by atoms with E-state index in [0.717, 1.165) is 11.5 Å². The highest BCUT2D eigenvalue weighted by Gasteiger charge is 2.39. The normalized spacial score (nSPS) is 15.2. The first kappa shape index (κ1) is 21.5. The zero-order valence-corrected chi connectivity index (χ0v) is 20.5. The SMILES string of the molecule is Cc1ccc2c(c1)C(C(c1ccccc1)c1ccccc1)=C(Oc1ccccc1)C2[Si](C)C. The second-order valence-corrected chi connectivity index (χ2v) is 11.8. The largest absolute Gasteiger partial charge is 0.461 e. The Labute approximate surface area is 199 Å². The molecular formula is C31H29OSi. The molecular weight excluding hydrogens is 416 g/mol. The van der Waals surface area contributed by atoms with Crippen molar-refractivity contribution >= 4 is 14.4 Å². The molecule has 1 nitrogen and oxygen atoms in total. The minimum Gasteiger partial charge on any atom is -0.461 e. The van der Waals surface area contributed by atoms with Gasteiger partial charge in [-0.05, 0) is 41.3 Å². The van der Waals surface area contributed by atoms with Crippen LogP contribution in [0.4, 0.5) is 0 Å². The molecule has 1 unspecified atom stereocenters. The Balaban J connectivity index is 1.80. The van der Waals surface area contributed by atoms with E-state index < -0.39 is 8.80 Å². The van der Waals surface area contributed by atoms with Gasteiger partial charge in [-0.1, -0.05) is 116 Å². The summed E-state index contributed by atoms with van der Waals surface area (Å²) in [6.45, 7) is 6.99. The van der Waals surface area contributed by atoms with Crippen LogP contribution in [0.15, 0.2) is 115 Å². The zero-order chi connectivity index (χ0) is 22.8. The lowest BCUT2D eigenvalue weighted by molar-refractivity contribution is 0.412. The molecule has 4 aromatic rings. The van der Waals surface area contributed by atoms with Crippen molar-refractivity contribution in [3.63, 3.8) is 0 Å². The second kappa shape index (κ2) is 9.25. The molecule has 0 heterocycles. The molecule has 1 aliphatic carbocycles. The third-order valence-corrected chi connectivity index (χ3v) is 8.17. The van der Waals surface area contributed by atoms with E-state index >= 15 is 0 Å². The van der Waals surface area contributed by atoms with Crippen LogP contribution in [0.2, 0.25) is 13.1 Å². The third-order valence-electron chi connectivity index (χ3n) is 6.44. The van der Waals surface area contributed by atoms with Gasteiger partial charge in [-0.15, -0.1) is 0 Å². The maximum absolute atomic E-state index is 6.81. The number of aryl methyl sites for hydroxylation is 1. The lowest BCUT2D eigenvalue weighted by Gasteiger charge is -2.24. The van der Waals surface area contributed by atoms with E-state index in [9.17, 15) is 0 Å². The van der Waals surface area contributed by atoms with Crippen LogP contribution in [0.1, 0.15) is 39.3 Å². The Bertz CT molecular complexity index is 1220. The number of hydrogen-bond donors (Lipinski definition) is 0. The van der Waals surface area contributed by atoms with Crippen molar-refractivity contribution in [3.05, 3.63) is 143 Å². The van der Waals surface area contributed by atoms with E-state index in [0.29, 0.717) is 5.54 Å². The maximum atomic E-state index is 6.81. The summed E-state index contributed by atoms with van der Waals surface area (Å²) in [6, 6.07) is 39.0. The molecule has 0 fully saturated rings. The Morgan fingerprint density at radius 2 is 1.24 bits per heavy atom. The molecule has 2 heteroatoms. The van der Waals surface area contributed by atoms with E-state index in [1.165, 1.54) is 33.4 Å². The third kappa shape index (κ3) is 4.19. The molecule has 0 aliphatic heterocycles. The predicted octanol–water partition coefficient (Wildman–Crippen LogP) is 8.01. The van der Waals surface area contributed by atoms with E-state index in [2.05, 4.69) is 111 Å². The van der Waals surface area contributed by atoms with Crippen LogP contribution in [0.5, 0.6) is 5.75 Å². The quantitative estimate of drug-likeness (QED) is 0.273. The Kier molecular flexibility index (Phi) is 6.02. The van der Waals surface area contributed by atoms with Gasteiger partial charge in [0.15, 0.2) is 0 Å². The van der Waals surface area contributed by atoms with Crippen LogP contribution >= 0.6 is 0 Å². The molecule has 0 saturated heterocycles. The van der Waals surface area contributed by atoms with Crippen molar-refractivity contribution in [1.82, 2.24) is 0 Å². The van der Waals surface area contributed by atoms with E-state index in [1.54, 1.807) is 0 Å². The highest BCUT2D eigenvalue weighted by molar-refractivity contribution is 6.58. The molecule has 0 spiro atoms. The summed E-state index contributed by atoms with van der Waals surface area (Å²) >= 11 is 0. The zero-order valence-electron chi connectivity index (χ0n) is 19.5. The van der Waals surface area contributed by atoms with Gasteiger partial charge >= 0.3 is 0 Å². The lowest BCUT2D eigenvalue weighted by Crippen LogP contribution is -2.19. The van der Waals surface area contributed by atoms with Gasteiger partial charge in [0.1, 0.15) is 11.5 Å². The summed E-state index contributed by atoms with van der Waals surface area (Å²) in [5.41, 5.74) is 8.25. The molecule has 1 atom stereocenters. The van der Waals surface area contributed by atoms with Crippen LogP contribution in [0.3, 0.4) is 0 Å². The van der Waals surface area contributed by atoms with Gasteiger partial charge in [-0.3, -0.25) is 0 Å². The van der Waals surface area contributed by atoms with Crippen LogP contribution in [-0.2, 0) is 0 Å².